The Labute approximate surface area is 225 Å². The van der Waals surface area contributed by atoms with Gasteiger partial charge in [-0.2, -0.15) is 18.2 Å². The minimum Gasteiger partial charge on any atom is -0.374 e. The summed E-state index contributed by atoms with van der Waals surface area (Å²) in [5.41, 5.74) is -3.17. The van der Waals surface area contributed by atoms with E-state index >= 15 is 0 Å². The molecule has 2 unspecified atom stereocenters. The van der Waals surface area contributed by atoms with Crippen LogP contribution in [0.3, 0.4) is 0 Å². The summed E-state index contributed by atoms with van der Waals surface area (Å²) in [6.45, 7) is 2.70. The number of carbonyl (C=O) groups excluding carboxylic acids is 1. The van der Waals surface area contributed by atoms with Crippen LogP contribution >= 0.6 is 23.2 Å². The highest BCUT2D eigenvalue weighted by Gasteiger charge is 2.62. The lowest BCUT2D eigenvalue weighted by Gasteiger charge is -2.29. The van der Waals surface area contributed by atoms with Crippen molar-refractivity contribution < 1.29 is 40.4 Å². The number of hydrogen-bond donors (Lipinski definition) is 1. The number of carbonyl (C=O) groups is 1. The number of alkyl halides is 6. The summed E-state index contributed by atoms with van der Waals surface area (Å²) in [6.07, 6.45) is -11.9. The van der Waals surface area contributed by atoms with Crippen molar-refractivity contribution in [2.75, 3.05) is 5.32 Å². The van der Waals surface area contributed by atoms with Crippen molar-refractivity contribution in [1.29, 1.82) is 0 Å². The molecule has 1 amide bonds. The van der Waals surface area contributed by atoms with E-state index in [0.29, 0.717) is 4.68 Å². The molecule has 0 radical (unpaired) electrons. The number of aryl methyl sites for hydroxylation is 2. The third kappa shape index (κ3) is 5.26. The summed E-state index contributed by atoms with van der Waals surface area (Å²) < 4.78 is 95.8. The highest BCUT2D eigenvalue weighted by molar-refractivity contribution is 6.35. The number of nitrogens with one attached hydrogen (secondary N) is 1. The van der Waals surface area contributed by atoms with Crippen LogP contribution < -0.4 is 5.32 Å². The zero-order valence-corrected chi connectivity index (χ0v) is 21.3. The zero-order chi connectivity index (χ0) is 28.9. The first-order valence-electron chi connectivity index (χ1n) is 10.9. The number of nitrogens with zero attached hydrogens (tertiary/aromatic N) is 4. The fourth-order valence-corrected chi connectivity index (χ4v) is 4.40. The predicted octanol–water partition coefficient (Wildman–Crippen LogP) is 6.91. The number of anilines is 1. The number of hydrogen-bond acceptors (Lipinski definition) is 5. The number of rotatable bonds is 6. The molecule has 0 saturated carbocycles. The Hall–Kier alpha value is -3.39. The number of halogens is 9. The maximum atomic E-state index is 14.2. The first-order chi connectivity index (χ1) is 18.1. The van der Waals surface area contributed by atoms with Crippen LogP contribution in [0.15, 0.2) is 35.5 Å². The normalized spacial score (nSPS) is 18.2. The Balaban J connectivity index is 1.57. The van der Waals surface area contributed by atoms with Gasteiger partial charge in [-0.25, -0.2) is 22.2 Å². The average molecular weight is 598 g/mol. The number of amides is 1. The van der Waals surface area contributed by atoms with Crippen molar-refractivity contribution in [3.05, 3.63) is 74.3 Å². The molecular formula is C23H16Cl2F7N5O2. The van der Waals surface area contributed by atoms with E-state index in [0.717, 1.165) is 12.1 Å². The van der Waals surface area contributed by atoms with Crippen molar-refractivity contribution in [2.24, 2.45) is 5.16 Å². The van der Waals surface area contributed by atoms with Crippen LogP contribution in [0.25, 0.3) is 0 Å². The van der Waals surface area contributed by atoms with E-state index in [2.05, 4.69) is 20.6 Å². The molecule has 16 heteroatoms. The lowest BCUT2D eigenvalue weighted by molar-refractivity contribution is -0.275. The first-order valence-corrected chi connectivity index (χ1v) is 11.6. The molecule has 0 aliphatic carbocycles. The second-order valence-corrected chi connectivity index (χ2v) is 9.32. The molecule has 39 heavy (non-hydrogen) atoms. The molecule has 2 heterocycles. The van der Waals surface area contributed by atoms with E-state index in [9.17, 15) is 35.5 Å². The quantitative estimate of drug-likeness (QED) is 0.247. The van der Waals surface area contributed by atoms with E-state index < -0.39 is 64.2 Å². The maximum absolute atomic E-state index is 14.2. The van der Waals surface area contributed by atoms with Gasteiger partial charge >= 0.3 is 6.18 Å². The smallest absolute Gasteiger partial charge is 0.374 e. The second-order valence-electron chi connectivity index (χ2n) is 8.50. The molecule has 208 valence electrons. The molecule has 1 aliphatic heterocycles. The molecule has 4 rings (SSSR count). The monoisotopic (exact) mass is 597 g/mol. The maximum Gasteiger partial charge on any atom is 0.435 e. The summed E-state index contributed by atoms with van der Waals surface area (Å²) in [4.78, 5) is 21.3. The molecule has 0 fully saturated rings. The largest absolute Gasteiger partial charge is 0.435 e. The lowest BCUT2D eigenvalue weighted by Crippen LogP contribution is -2.42. The minimum atomic E-state index is -5.00. The molecule has 3 aromatic rings. The summed E-state index contributed by atoms with van der Waals surface area (Å²) in [5.74, 6) is -2.50. The Morgan fingerprint density at radius 2 is 1.77 bits per heavy atom. The molecule has 2 atom stereocenters. The molecule has 1 N–H and O–H groups in total. The average Bonchev–Trinajstić information content (AvgIpc) is 3.46. The van der Waals surface area contributed by atoms with Gasteiger partial charge in [0, 0.05) is 17.5 Å². The standard InChI is InChI=1S/C23H16Cl2F7N5O2/c1-9-5-11(3-4-13(9)20(38)34-21-33-10(2)37(35-21)19(29)18(27)28)16-8-22(39-36-16,23(30,31)32)12-6-14(24)17(26)15(25)7-12/h3-7,18-19H,8H2,1-2H3,(H,34,35,38). The highest BCUT2D eigenvalue weighted by Crippen LogP contribution is 2.50. The van der Waals surface area contributed by atoms with Crippen LogP contribution in [0, 0.1) is 19.7 Å². The Kier molecular flexibility index (Phi) is 7.56. The molecular weight excluding hydrogens is 582 g/mol. The van der Waals surface area contributed by atoms with Crippen molar-refractivity contribution in [2.45, 2.75) is 44.8 Å². The van der Waals surface area contributed by atoms with Gasteiger partial charge < -0.3 is 4.84 Å². The van der Waals surface area contributed by atoms with Crippen molar-refractivity contribution in [3.63, 3.8) is 0 Å². The third-order valence-corrected chi connectivity index (χ3v) is 6.46. The van der Waals surface area contributed by atoms with Crippen LogP contribution in [0.5, 0.6) is 0 Å². The predicted molar refractivity (Wildman–Crippen MR) is 126 cm³/mol. The minimum absolute atomic E-state index is 0.0390. The number of oxime groups is 1. The SMILES string of the molecule is Cc1cc(C2=NOC(c3cc(Cl)c(F)c(Cl)c3)(C(F)(F)F)C2)ccc1C(=O)Nc1nc(C)n(C(F)C(F)F)n1. The van der Waals surface area contributed by atoms with Crippen LogP contribution in [-0.2, 0) is 10.4 Å². The highest BCUT2D eigenvalue weighted by atomic mass is 35.5. The fraction of sp³-hybridized carbons (Fsp3) is 0.304. The number of benzene rings is 2. The molecule has 0 saturated heterocycles. The summed E-state index contributed by atoms with van der Waals surface area (Å²) in [6, 6.07) is 5.49. The van der Waals surface area contributed by atoms with Gasteiger partial charge in [-0.15, -0.1) is 5.10 Å². The van der Waals surface area contributed by atoms with E-state index in [4.69, 9.17) is 28.0 Å². The Morgan fingerprint density at radius 3 is 2.33 bits per heavy atom. The van der Waals surface area contributed by atoms with Crippen LogP contribution in [-0.4, -0.2) is 39.0 Å². The van der Waals surface area contributed by atoms with Gasteiger partial charge in [-0.3, -0.25) is 10.1 Å². The van der Waals surface area contributed by atoms with Crippen molar-refractivity contribution in [1.82, 2.24) is 14.8 Å². The van der Waals surface area contributed by atoms with Crippen LogP contribution in [0.2, 0.25) is 10.0 Å². The van der Waals surface area contributed by atoms with E-state index in [1.54, 1.807) is 0 Å². The summed E-state index contributed by atoms with van der Waals surface area (Å²) in [5, 5.41) is 8.13. The molecule has 1 aromatic heterocycles. The van der Waals surface area contributed by atoms with Gasteiger partial charge in [0.2, 0.25) is 5.95 Å². The van der Waals surface area contributed by atoms with E-state index in [-0.39, 0.29) is 28.2 Å². The fourth-order valence-electron chi connectivity index (χ4n) is 3.91. The molecule has 2 aromatic carbocycles. The van der Waals surface area contributed by atoms with Gasteiger partial charge in [0.15, 0.2) is 5.82 Å². The van der Waals surface area contributed by atoms with Gasteiger partial charge in [-0.1, -0.05) is 34.4 Å². The molecule has 1 aliphatic rings. The third-order valence-electron chi connectivity index (χ3n) is 5.91. The topological polar surface area (TPSA) is 81.4 Å². The second kappa shape index (κ2) is 10.3. The van der Waals surface area contributed by atoms with Crippen molar-refractivity contribution >= 4 is 40.8 Å². The van der Waals surface area contributed by atoms with E-state index in [1.807, 2.05) is 0 Å². The van der Waals surface area contributed by atoms with Crippen LogP contribution in [0.1, 0.15) is 45.6 Å². The molecule has 7 nitrogen and oxygen atoms in total. The Morgan fingerprint density at radius 1 is 1.13 bits per heavy atom. The summed E-state index contributed by atoms with van der Waals surface area (Å²) in [7, 11) is 0. The zero-order valence-electron chi connectivity index (χ0n) is 19.8. The van der Waals surface area contributed by atoms with Gasteiger partial charge in [0.05, 0.1) is 15.8 Å². The molecule has 0 bridgehead atoms. The summed E-state index contributed by atoms with van der Waals surface area (Å²) >= 11 is 11.4. The van der Waals surface area contributed by atoms with Gasteiger partial charge in [0.1, 0.15) is 5.82 Å². The van der Waals surface area contributed by atoms with E-state index in [1.165, 1.54) is 32.0 Å². The Bertz CT molecular complexity index is 1450. The molecule has 0 spiro atoms. The van der Waals surface area contributed by atoms with Gasteiger partial charge in [0.25, 0.3) is 24.2 Å². The van der Waals surface area contributed by atoms with Crippen LogP contribution in [0.4, 0.5) is 36.7 Å². The van der Waals surface area contributed by atoms with Crippen molar-refractivity contribution in [3.8, 4) is 0 Å². The number of aromatic nitrogens is 3. The first kappa shape index (κ1) is 28.6. The lowest BCUT2D eigenvalue weighted by atomic mass is 9.86. The van der Waals surface area contributed by atoms with Gasteiger partial charge in [-0.05, 0) is 49.2 Å².